The van der Waals surface area contributed by atoms with Crippen molar-refractivity contribution in [1.29, 1.82) is 5.26 Å². The third-order valence-electron chi connectivity index (χ3n) is 6.98. The molecule has 1 aromatic heterocycles. The molecule has 8 heteroatoms. The van der Waals surface area contributed by atoms with E-state index in [2.05, 4.69) is 38.3 Å². The molecule has 1 atom stereocenters. The molecule has 0 radical (unpaired) electrons. The summed E-state index contributed by atoms with van der Waals surface area (Å²) >= 11 is 6.29. The number of hydrogen-bond donors (Lipinski definition) is 1. The fraction of sp³-hybridized carbons (Fsp3) is 0.522. The predicted octanol–water partition coefficient (Wildman–Crippen LogP) is 3.24. The van der Waals surface area contributed by atoms with E-state index in [1.54, 1.807) is 0 Å². The van der Waals surface area contributed by atoms with Gasteiger partial charge in [-0.25, -0.2) is 0 Å². The molecule has 0 saturated carbocycles. The second kappa shape index (κ2) is 8.18. The van der Waals surface area contributed by atoms with E-state index in [9.17, 15) is 0 Å². The molecule has 0 amide bonds. The lowest BCUT2D eigenvalue weighted by Gasteiger charge is -2.39. The fourth-order valence-corrected chi connectivity index (χ4v) is 5.29. The first-order valence-electron chi connectivity index (χ1n) is 11.0. The highest BCUT2D eigenvalue weighted by molar-refractivity contribution is 6.32. The van der Waals surface area contributed by atoms with Crippen LogP contribution >= 0.6 is 11.6 Å². The third-order valence-corrected chi connectivity index (χ3v) is 7.29. The van der Waals surface area contributed by atoms with Crippen LogP contribution in [0.1, 0.15) is 31.7 Å². The monoisotopic (exact) mass is 438 g/mol. The highest BCUT2D eigenvalue weighted by atomic mass is 35.5. The van der Waals surface area contributed by atoms with Crippen LogP contribution in [0.4, 0.5) is 11.5 Å². The molecule has 1 aromatic carbocycles. The second-order valence-corrected chi connectivity index (χ2v) is 9.48. The average Bonchev–Trinajstić information content (AvgIpc) is 3.07. The Balaban J connectivity index is 1.21. The summed E-state index contributed by atoms with van der Waals surface area (Å²) in [5.74, 6) is 1.53. The minimum absolute atomic E-state index is 0.216. The van der Waals surface area contributed by atoms with E-state index in [0.29, 0.717) is 27.9 Å². The molecule has 162 valence electrons. The Morgan fingerprint density at radius 2 is 2.00 bits per heavy atom. The smallest absolute Gasteiger partial charge is 0.233 e. The quantitative estimate of drug-likeness (QED) is 0.785. The van der Waals surface area contributed by atoms with E-state index in [0.717, 1.165) is 57.1 Å². The number of piperidine rings is 1. The summed E-state index contributed by atoms with van der Waals surface area (Å²) in [7, 11) is 0. The number of hydrogen-bond acceptors (Lipinski definition) is 7. The van der Waals surface area contributed by atoms with Crippen LogP contribution in [-0.4, -0.2) is 55.1 Å². The average molecular weight is 439 g/mol. The molecule has 0 unspecified atom stereocenters. The van der Waals surface area contributed by atoms with E-state index in [4.69, 9.17) is 21.6 Å². The van der Waals surface area contributed by atoms with E-state index in [1.165, 1.54) is 6.42 Å². The maximum Gasteiger partial charge on any atom is 0.233 e. The van der Waals surface area contributed by atoms with Crippen molar-refractivity contribution in [1.82, 2.24) is 15.5 Å². The van der Waals surface area contributed by atoms with E-state index >= 15 is 0 Å². The molecule has 3 aliphatic heterocycles. The van der Waals surface area contributed by atoms with Crippen molar-refractivity contribution in [2.24, 2.45) is 5.41 Å². The Morgan fingerprint density at radius 3 is 2.61 bits per heavy atom. The molecule has 3 fully saturated rings. The molecule has 0 aliphatic carbocycles. The van der Waals surface area contributed by atoms with Gasteiger partial charge in [-0.3, -0.25) is 0 Å². The summed E-state index contributed by atoms with van der Waals surface area (Å²) in [6.07, 6.45) is 3.65. The number of aromatic nitrogens is 2. The molecule has 3 saturated heterocycles. The number of halogens is 1. The summed E-state index contributed by atoms with van der Waals surface area (Å²) in [6, 6.07) is 12.3. The molecule has 5 rings (SSSR count). The molecule has 1 N–H and O–H groups in total. The maximum absolute atomic E-state index is 9.14. The van der Waals surface area contributed by atoms with Gasteiger partial charge in [-0.1, -0.05) is 11.6 Å². The van der Waals surface area contributed by atoms with Gasteiger partial charge in [-0.2, -0.15) is 5.26 Å². The molecule has 7 nitrogen and oxygen atoms in total. The molecule has 1 spiro atoms. The molecule has 31 heavy (non-hydrogen) atoms. The Bertz CT molecular complexity index is 979. The van der Waals surface area contributed by atoms with E-state index < -0.39 is 0 Å². The zero-order chi connectivity index (χ0) is 21.4. The Morgan fingerprint density at radius 1 is 1.19 bits per heavy atom. The number of nitrogens with zero attached hydrogens (tertiary/aromatic N) is 5. The summed E-state index contributed by atoms with van der Waals surface area (Å²) in [6.45, 7) is 7.03. The van der Waals surface area contributed by atoms with Gasteiger partial charge in [0, 0.05) is 50.5 Å². The van der Waals surface area contributed by atoms with Gasteiger partial charge < -0.3 is 19.9 Å². The minimum Gasteiger partial charge on any atom is -0.471 e. The van der Waals surface area contributed by atoms with E-state index in [1.807, 2.05) is 30.3 Å². The molecular formula is C23H27ClN6O. The molecule has 0 bridgehead atoms. The lowest BCUT2D eigenvalue weighted by Crippen LogP contribution is -2.50. The van der Waals surface area contributed by atoms with Crippen LogP contribution in [0.2, 0.25) is 5.02 Å². The lowest BCUT2D eigenvalue weighted by molar-refractivity contribution is 0.134. The van der Waals surface area contributed by atoms with Crippen molar-refractivity contribution >= 4 is 23.1 Å². The molecule has 2 aromatic rings. The van der Waals surface area contributed by atoms with Gasteiger partial charge >= 0.3 is 0 Å². The van der Waals surface area contributed by atoms with Gasteiger partial charge in [0.05, 0.1) is 10.6 Å². The van der Waals surface area contributed by atoms with Gasteiger partial charge in [0.1, 0.15) is 12.2 Å². The number of rotatable bonds is 4. The number of nitrogens with one attached hydrogen (secondary N) is 1. The molecular weight excluding hydrogens is 412 g/mol. The summed E-state index contributed by atoms with van der Waals surface area (Å²) < 4.78 is 5.77. The zero-order valence-corrected chi connectivity index (χ0v) is 18.5. The SMILES string of the molecule is C[C@H]1CC2(CCN(c3ccc(OC4CNC4)nn3)CC2)CN1c1ccc(C#N)c(Cl)c1. The van der Waals surface area contributed by atoms with E-state index in [-0.39, 0.29) is 6.10 Å². The highest BCUT2D eigenvalue weighted by Crippen LogP contribution is 2.45. The molecule has 4 heterocycles. The first-order valence-corrected chi connectivity index (χ1v) is 11.4. The van der Waals surface area contributed by atoms with Gasteiger partial charge in [-0.05, 0) is 55.9 Å². The van der Waals surface area contributed by atoms with Crippen molar-refractivity contribution in [2.45, 2.75) is 38.3 Å². The number of benzene rings is 1. The zero-order valence-electron chi connectivity index (χ0n) is 17.7. The largest absolute Gasteiger partial charge is 0.471 e. The lowest BCUT2D eigenvalue weighted by atomic mass is 9.77. The van der Waals surface area contributed by atoms with Crippen molar-refractivity contribution in [2.75, 3.05) is 42.5 Å². The van der Waals surface area contributed by atoms with Gasteiger partial charge in [0.2, 0.25) is 5.88 Å². The summed E-state index contributed by atoms with van der Waals surface area (Å²) in [4.78, 5) is 4.78. The van der Waals surface area contributed by atoms with Crippen LogP contribution in [0.5, 0.6) is 5.88 Å². The Labute approximate surface area is 188 Å². The number of ether oxygens (including phenoxy) is 1. The highest BCUT2D eigenvalue weighted by Gasteiger charge is 2.44. The molecule has 3 aliphatic rings. The van der Waals surface area contributed by atoms with Gasteiger partial charge in [0.15, 0.2) is 5.82 Å². The minimum atomic E-state index is 0.216. The van der Waals surface area contributed by atoms with Crippen molar-refractivity contribution in [3.8, 4) is 11.9 Å². The first kappa shape index (κ1) is 20.3. The fourth-order valence-electron chi connectivity index (χ4n) is 5.07. The van der Waals surface area contributed by atoms with Crippen LogP contribution in [0.3, 0.4) is 0 Å². The summed E-state index contributed by atoms with van der Waals surface area (Å²) in [5.41, 5.74) is 1.95. The Hall–Kier alpha value is -2.56. The van der Waals surface area contributed by atoms with Crippen molar-refractivity contribution in [3.05, 3.63) is 40.9 Å². The van der Waals surface area contributed by atoms with Crippen LogP contribution in [0.15, 0.2) is 30.3 Å². The first-order chi connectivity index (χ1) is 15.0. The number of nitriles is 1. The summed E-state index contributed by atoms with van der Waals surface area (Å²) in [5, 5.41) is 21.5. The standard InChI is InChI=1S/C23H27ClN6O/c1-16-11-23(15-30(16)18-3-2-17(12-25)20(24)10-18)6-8-29(9-7-23)21-4-5-22(28-27-21)31-19-13-26-14-19/h2-5,10,16,19,26H,6-9,11,13-15H2,1H3/t16-/m0/s1. The Kier molecular flexibility index (Phi) is 5.37. The van der Waals surface area contributed by atoms with Gasteiger partial charge in [-0.15, -0.1) is 10.2 Å². The van der Waals surface area contributed by atoms with Crippen molar-refractivity contribution < 1.29 is 4.74 Å². The normalized spacial score (nSPS) is 22.9. The van der Waals surface area contributed by atoms with Gasteiger partial charge in [0.25, 0.3) is 0 Å². The van der Waals surface area contributed by atoms with Crippen molar-refractivity contribution in [3.63, 3.8) is 0 Å². The van der Waals surface area contributed by atoms with Crippen LogP contribution < -0.4 is 19.9 Å². The predicted molar refractivity (Wildman–Crippen MR) is 121 cm³/mol. The van der Waals surface area contributed by atoms with Crippen LogP contribution in [-0.2, 0) is 0 Å². The number of anilines is 2. The second-order valence-electron chi connectivity index (χ2n) is 9.07. The topological polar surface area (TPSA) is 77.3 Å². The maximum atomic E-state index is 9.14. The van der Waals surface area contributed by atoms with Crippen LogP contribution in [0, 0.1) is 16.7 Å². The van der Waals surface area contributed by atoms with Crippen LogP contribution in [0.25, 0.3) is 0 Å². The third kappa shape index (κ3) is 4.02.